The third-order valence-corrected chi connectivity index (χ3v) is 4.81. The second-order valence-corrected chi connectivity index (χ2v) is 6.51. The lowest BCUT2D eigenvalue weighted by molar-refractivity contribution is 0.0651. The molecule has 0 bridgehead atoms. The average molecular weight is 362 g/mol. The fraction of sp³-hybridized carbons (Fsp3) is 0.190. The lowest BCUT2D eigenvalue weighted by Crippen LogP contribution is -2.42. The highest BCUT2D eigenvalue weighted by atomic mass is 16.6. The summed E-state index contributed by atoms with van der Waals surface area (Å²) in [6.07, 6.45) is 1.28. The predicted molar refractivity (Wildman–Crippen MR) is 98.8 cm³/mol. The number of nitrogens with zero attached hydrogens (tertiary/aromatic N) is 1. The van der Waals surface area contributed by atoms with Crippen LogP contribution < -0.4 is 14.8 Å². The van der Waals surface area contributed by atoms with Crippen LogP contribution in [0.25, 0.3) is 0 Å². The minimum atomic E-state index is -0.340. The lowest BCUT2D eigenvalue weighted by atomic mass is 10.0. The molecule has 1 aromatic heterocycles. The fourth-order valence-corrected chi connectivity index (χ4v) is 3.52. The number of furan rings is 1. The van der Waals surface area contributed by atoms with Crippen molar-refractivity contribution in [3.63, 3.8) is 0 Å². The molecule has 5 rings (SSSR count). The van der Waals surface area contributed by atoms with Crippen LogP contribution in [0, 0.1) is 0 Å². The van der Waals surface area contributed by atoms with Gasteiger partial charge < -0.3 is 24.1 Å². The van der Waals surface area contributed by atoms with E-state index >= 15 is 0 Å². The number of hydrogen-bond donors (Lipinski definition) is 1. The topological polar surface area (TPSA) is 63.9 Å². The third-order valence-electron chi connectivity index (χ3n) is 4.81. The molecule has 3 heterocycles. The van der Waals surface area contributed by atoms with Gasteiger partial charge in [-0.15, -0.1) is 0 Å². The molecular formula is C21H18N2O4. The second-order valence-electron chi connectivity index (χ2n) is 6.51. The van der Waals surface area contributed by atoms with E-state index < -0.39 is 0 Å². The summed E-state index contributed by atoms with van der Waals surface area (Å²) in [7, 11) is 0. The van der Waals surface area contributed by atoms with Gasteiger partial charge in [0.1, 0.15) is 25.1 Å². The van der Waals surface area contributed by atoms with Gasteiger partial charge in [-0.2, -0.15) is 0 Å². The number of amides is 1. The molecule has 2 aliphatic heterocycles. The molecule has 1 atom stereocenters. The van der Waals surface area contributed by atoms with Crippen molar-refractivity contribution in [2.24, 2.45) is 0 Å². The Hall–Kier alpha value is -3.41. The first-order chi connectivity index (χ1) is 13.3. The number of benzene rings is 2. The first-order valence-electron chi connectivity index (χ1n) is 8.88. The standard InChI is InChI=1S/C21H18N2O4/c24-21-16-5-1-2-6-17(16)22-20(23(21)13-15-4-3-9-25-15)14-7-8-18-19(12-14)27-11-10-26-18/h1-9,12,20,22H,10-11,13H2. The van der Waals surface area contributed by atoms with Gasteiger partial charge in [-0.25, -0.2) is 0 Å². The summed E-state index contributed by atoms with van der Waals surface area (Å²) >= 11 is 0. The predicted octanol–water partition coefficient (Wildman–Crippen LogP) is 3.82. The molecule has 6 heteroatoms. The van der Waals surface area contributed by atoms with E-state index in [9.17, 15) is 4.79 Å². The van der Waals surface area contributed by atoms with Gasteiger partial charge in [-0.05, 0) is 42.0 Å². The Morgan fingerprint density at radius 2 is 1.85 bits per heavy atom. The molecule has 0 saturated heterocycles. The first kappa shape index (κ1) is 15.8. The van der Waals surface area contributed by atoms with Crippen molar-refractivity contribution in [2.75, 3.05) is 18.5 Å². The molecule has 1 amide bonds. The number of nitrogens with one attached hydrogen (secondary N) is 1. The molecule has 0 spiro atoms. The molecule has 1 N–H and O–H groups in total. The summed E-state index contributed by atoms with van der Waals surface area (Å²) in [5.74, 6) is 2.11. The number of hydrogen-bond acceptors (Lipinski definition) is 5. The van der Waals surface area contributed by atoms with Gasteiger partial charge in [0, 0.05) is 5.69 Å². The van der Waals surface area contributed by atoms with E-state index in [1.54, 1.807) is 11.2 Å². The maximum absolute atomic E-state index is 13.2. The van der Waals surface area contributed by atoms with Gasteiger partial charge in [0.15, 0.2) is 11.5 Å². The van der Waals surface area contributed by atoms with Crippen LogP contribution in [0.5, 0.6) is 11.5 Å². The number of fused-ring (bicyclic) bond motifs is 2. The van der Waals surface area contributed by atoms with Crippen molar-refractivity contribution in [3.05, 3.63) is 77.7 Å². The van der Waals surface area contributed by atoms with Gasteiger partial charge in [0.2, 0.25) is 0 Å². The molecule has 0 radical (unpaired) electrons. The van der Waals surface area contributed by atoms with Crippen LogP contribution in [0.15, 0.2) is 65.3 Å². The summed E-state index contributed by atoms with van der Waals surface area (Å²) in [4.78, 5) is 15.0. The summed E-state index contributed by atoms with van der Waals surface area (Å²) in [5.41, 5.74) is 2.39. The SMILES string of the molecule is O=C1c2ccccc2NC(c2ccc3c(c2)OCCO3)N1Cc1ccco1. The summed E-state index contributed by atoms with van der Waals surface area (Å²) < 4.78 is 16.8. The highest BCUT2D eigenvalue weighted by Crippen LogP contribution is 2.38. The van der Waals surface area contributed by atoms with Gasteiger partial charge in [0.05, 0.1) is 18.4 Å². The molecule has 0 fully saturated rings. The van der Waals surface area contributed by atoms with E-state index in [1.807, 2.05) is 54.6 Å². The molecule has 136 valence electrons. The van der Waals surface area contributed by atoms with E-state index in [1.165, 1.54) is 0 Å². The molecular weight excluding hydrogens is 344 g/mol. The zero-order valence-corrected chi connectivity index (χ0v) is 14.6. The van der Waals surface area contributed by atoms with Crippen LogP contribution >= 0.6 is 0 Å². The number of carbonyl (C=O) groups excluding carboxylic acids is 1. The highest BCUT2D eigenvalue weighted by molar-refractivity contribution is 6.01. The van der Waals surface area contributed by atoms with Crippen molar-refractivity contribution >= 4 is 11.6 Å². The third kappa shape index (κ3) is 2.79. The molecule has 6 nitrogen and oxygen atoms in total. The Kier molecular flexibility index (Phi) is 3.74. The Labute approximate surface area is 156 Å². The van der Waals surface area contributed by atoms with Crippen molar-refractivity contribution in [1.82, 2.24) is 4.90 Å². The molecule has 0 aliphatic carbocycles. The quantitative estimate of drug-likeness (QED) is 0.767. The summed E-state index contributed by atoms with van der Waals surface area (Å²) in [6, 6.07) is 17.0. The van der Waals surface area contributed by atoms with E-state index in [0.29, 0.717) is 31.1 Å². The monoisotopic (exact) mass is 362 g/mol. The van der Waals surface area contributed by atoms with Crippen molar-refractivity contribution in [2.45, 2.75) is 12.7 Å². The van der Waals surface area contributed by atoms with Gasteiger partial charge in [0.25, 0.3) is 5.91 Å². The Balaban J connectivity index is 1.56. The van der Waals surface area contributed by atoms with E-state index in [-0.39, 0.29) is 12.1 Å². The summed E-state index contributed by atoms with van der Waals surface area (Å²) in [6.45, 7) is 1.43. The molecule has 2 aliphatic rings. The Morgan fingerprint density at radius 3 is 2.70 bits per heavy atom. The molecule has 27 heavy (non-hydrogen) atoms. The molecule has 3 aromatic rings. The largest absolute Gasteiger partial charge is 0.486 e. The van der Waals surface area contributed by atoms with Crippen LogP contribution in [-0.2, 0) is 6.54 Å². The van der Waals surface area contributed by atoms with Crippen LogP contribution in [0.2, 0.25) is 0 Å². The number of ether oxygens (including phenoxy) is 2. The van der Waals surface area contributed by atoms with Crippen LogP contribution in [0.1, 0.15) is 27.8 Å². The van der Waals surface area contributed by atoms with Crippen molar-refractivity contribution in [1.29, 1.82) is 0 Å². The first-order valence-corrected chi connectivity index (χ1v) is 8.88. The number of para-hydroxylation sites is 1. The fourth-order valence-electron chi connectivity index (χ4n) is 3.52. The van der Waals surface area contributed by atoms with Gasteiger partial charge in [-0.3, -0.25) is 4.79 Å². The summed E-state index contributed by atoms with van der Waals surface area (Å²) in [5, 5.41) is 3.48. The smallest absolute Gasteiger partial charge is 0.258 e. The Bertz CT molecular complexity index is 984. The highest BCUT2D eigenvalue weighted by Gasteiger charge is 2.34. The van der Waals surface area contributed by atoms with Crippen molar-refractivity contribution in [3.8, 4) is 11.5 Å². The minimum Gasteiger partial charge on any atom is -0.486 e. The zero-order chi connectivity index (χ0) is 18.2. The zero-order valence-electron chi connectivity index (χ0n) is 14.6. The molecule has 0 saturated carbocycles. The number of anilines is 1. The van der Waals surface area contributed by atoms with Crippen LogP contribution in [0.4, 0.5) is 5.69 Å². The minimum absolute atomic E-state index is 0.0411. The lowest BCUT2D eigenvalue weighted by Gasteiger charge is -2.38. The maximum atomic E-state index is 13.2. The van der Waals surface area contributed by atoms with Gasteiger partial charge >= 0.3 is 0 Å². The maximum Gasteiger partial charge on any atom is 0.258 e. The Morgan fingerprint density at radius 1 is 1.00 bits per heavy atom. The number of rotatable bonds is 3. The second kappa shape index (κ2) is 6.39. The van der Waals surface area contributed by atoms with E-state index in [4.69, 9.17) is 13.9 Å². The molecule has 2 aromatic carbocycles. The van der Waals surface area contributed by atoms with Crippen molar-refractivity contribution < 1.29 is 18.7 Å². The number of carbonyl (C=O) groups is 1. The molecule has 1 unspecified atom stereocenters. The van der Waals surface area contributed by atoms with Gasteiger partial charge in [-0.1, -0.05) is 18.2 Å². The van der Waals surface area contributed by atoms with Crippen LogP contribution in [-0.4, -0.2) is 24.0 Å². The normalized spacial score (nSPS) is 18.0. The average Bonchev–Trinajstić information content (AvgIpc) is 3.23. The van der Waals surface area contributed by atoms with Crippen LogP contribution in [0.3, 0.4) is 0 Å². The van der Waals surface area contributed by atoms with E-state index in [0.717, 1.165) is 22.8 Å². The van der Waals surface area contributed by atoms with E-state index in [2.05, 4.69) is 5.32 Å².